The Bertz CT molecular complexity index is 801. The molecule has 0 saturated carbocycles. The molecule has 0 bridgehead atoms. The number of piperidine rings is 2. The van der Waals surface area contributed by atoms with Gasteiger partial charge in [-0.25, -0.2) is 8.42 Å². The van der Waals surface area contributed by atoms with Crippen LogP contribution in [-0.2, 0) is 16.4 Å². The van der Waals surface area contributed by atoms with Crippen molar-refractivity contribution < 1.29 is 13.2 Å². The third kappa shape index (κ3) is 3.93. The van der Waals surface area contributed by atoms with E-state index in [0.29, 0.717) is 30.8 Å². The van der Waals surface area contributed by atoms with Crippen LogP contribution in [0.25, 0.3) is 0 Å². The molecule has 0 aliphatic carbocycles. The van der Waals surface area contributed by atoms with Gasteiger partial charge in [0.2, 0.25) is 10.0 Å². The molecule has 156 valence electrons. The zero-order valence-corrected chi connectivity index (χ0v) is 18.2. The summed E-state index contributed by atoms with van der Waals surface area (Å²) in [4.78, 5) is 2.58. The number of unbranched alkanes of at least 4 members (excludes halogenated alkanes) is 1. The first-order valence-corrected chi connectivity index (χ1v) is 12.6. The number of ether oxygens (including phenoxy) is 1. The van der Waals surface area contributed by atoms with Gasteiger partial charge in [0.05, 0.1) is 12.9 Å². The van der Waals surface area contributed by atoms with Crippen molar-refractivity contribution in [3.05, 3.63) is 29.3 Å². The second-order valence-corrected chi connectivity index (χ2v) is 10.8. The van der Waals surface area contributed by atoms with Crippen molar-refractivity contribution >= 4 is 21.6 Å². The molecule has 5 nitrogen and oxygen atoms in total. The highest BCUT2D eigenvalue weighted by molar-refractivity contribution is 7.89. The molecule has 0 unspecified atom stereocenters. The van der Waals surface area contributed by atoms with Gasteiger partial charge >= 0.3 is 0 Å². The van der Waals surface area contributed by atoms with Crippen LogP contribution in [0.3, 0.4) is 0 Å². The third-order valence-electron chi connectivity index (χ3n) is 6.76. The average molecular weight is 427 g/mol. The third-order valence-corrected chi connectivity index (χ3v) is 9.00. The Balaban J connectivity index is 1.57. The van der Waals surface area contributed by atoms with Crippen LogP contribution in [0.1, 0.15) is 49.3 Å². The molecule has 0 amide bonds. The molecule has 1 aromatic rings. The second-order valence-electron chi connectivity index (χ2n) is 8.35. The molecule has 0 spiro atoms. The molecule has 0 radical (unpaired) electrons. The van der Waals surface area contributed by atoms with Crippen LogP contribution < -0.4 is 4.74 Å². The van der Waals surface area contributed by atoms with E-state index >= 15 is 0 Å². The Morgan fingerprint density at radius 1 is 1.25 bits per heavy atom. The largest absolute Gasteiger partial charge is 0.497 e. The Morgan fingerprint density at radius 2 is 2.11 bits per heavy atom. The molecule has 3 heterocycles. The van der Waals surface area contributed by atoms with Crippen molar-refractivity contribution in [1.29, 1.82) is 0 Å². The molecule has 7 heteroatoms. The number of hydrogen-bond donors (Lipinski definition) is 0. The van der Waals surface area contributed by atoms with Gasteiger partial charge < -0.3 is 4.74 Å². The summed E-state index contributed by atoms with van der Waals surface area (Å²) in [6, 6.07) is 6.82. The molecular formula is C21H31ClN2O3S. The van der Waals surface area contributed by atoms with Crippen LogP contribution in [0.5, 0.6) is 5.75 Å². The van der Waals surface area contributed by atoms with E-state index in [-0.39, 0.29) is 11.8 Å². The Kier molecular flexibility index (Phi) is 6.21. The minimum absolute atomic E-state index is 0.129. The van der Waals surface area contributed by atoms with E-state index in [9.17, 15) is 8.42 Å². The number of halogens is 1. The number of hydrogen-bond acceptors (Lipinski definition) is 4. The van der Waals surface area contributed by atoms with Crippen molar-refractivity contribution in [1.82, 2.24) is 9.21 Å². The molecule has 3 atom stereocenters. The molecule has 1 aromatic carbocycles. The number of nitrogens with zero attached hydrogens (tertiary/aromatic N) is 2. The normalized spacial score (nSPS) is 28.3. The van der Waals surface area contributed by atoms with Crippen LogP contribution in [0, 0.1) is 5.92 Å². The number of rotatable bonds is 6. The van der Waals surface area contributed by atoms with Gasteiger partial charge in [-0.2, -0.15) is 4.31 Å². The van der Waals surface area contributed by atoms with E-state index in [1.165, 1.54) is 11.1 Å². The Hall–Kier alpha value is -0.820. The maximum absolute atomic E-state index is 13.1. The zero-order valence-electron chi connectivity index (χ0n) is 16.6. The van der Waals surface area contributed by atoms with Gasteiger partial charge in [-0.1, -0.05) is 6.07 Å². The fourth-order valence-corrected chi connectivity index (χ4v) is 7.43. The summed E-state index contributed by atoms with van der Waals surface area (Å²) in [6.07, 6.45) is 5.46. The van der Waals surface area contributed by atoms with Crippen LogP contribution >= 0.6 is 11.6 Å². The van der Waals surface area contributed by atoms with Gasteiger partial charge in [-0.15, -0.1) is 11.6 Å². The summed E-state index contributed by atoms with van der Waals surface area (Å²) in [5.74, 6) is 2.11. The minimum Gasteiger partial charge on any atom is -0.497 e. The van der Waals surface area contributed by atoms with Crippen molar-refractivity contribution in [3.8, 4) is 5.75 Å². The fraction of sp³-hybridized carbons (Fsp3) is 0.714. The highest BCUT2D eigenvalue weighted by Crippen LogP contribution is 2.44. The van der Waals surface area contributed by atoms with E-state index in [0.717, 1.165) is 50.9 Å². The highest BCUT2D eigenvalue weighted by atomic mass is 35.5. The standard InChI is InChI=1S/C21H31ClN2O3S/c1-27-18-6-7-19-16(13-18)8-11-23-15-17-5-4-10-24(20(17)14-21(19)23)28(25,26)12-3-2-9-22/h6-7,13,17,20-21H,2-5,8-12,14-15H2,1H3/t17-,20+,21-/m0/s1. The first-order valence-electron chi connectivity index (χ1n) is 10.5. The van der Waals surface area contributed by atoms with Crippen molar-refractivity contribution in [2.45, 2.75) is 50.6 Å². The van der Waals surface area contributed by atoms with Gasteiger partial charge in [-0.05, 0) is 67.7 Å². The summed E-state index contributed by atoms with van der Waals surface area (Å²) in [7, 11) is -1.51. The molecule has 0 N–H and O–H groups in total. The molecule has 4 rings (SSSR count). The maximum Gasteiger partial charge on any atom is 0.214 e. The molecule has 2 saturated heterocycles. The fourth-order valence-electron chi connectivity index (χ4n) is 5.36. The molecule has 3 aliphatic rings. The number of alkyl halides is 1. The van der Waals surface area contributed by atoms with Gasteiger partial charge in [-0.3, -0.25) is 4.90 Å². The van der Waals surface area contributed by atoms with Gasteiger partial charge in [0.15, 0.2) is 0 Å². The predicted octanol–water partition coefficient (Wildman–Crippen LogP) is 3.43. The first-order chi connectivity index (χ1) is 13.5. The summed E-state index contributed by atoms with van der Waals surface area (Å²) < 4.78 is 33.4. The van der Waals surface area contributed by atoms with E-state index in [4.69, 9.17) is 16.3 Å². The van der Waals surface area contributed by atoms with Crippen molar-refractivity contribution in [2.24, 2.45) is 5.92 Å². The van der Waals surface area contributed by atoms with Crippen LogP contribution in [0.15, 0.2) is 18.2 Å². The molecule has 0 aromatic heterocycles. The predicted molar refractivity (Wildman–Crippen MR) is 113 cm³/mol. The second kappa shape index (κ2) is 8.50. The first kappa shape index (κ1) is 20.5. The highest BCUT2D eigenvalue weighted by Gasteiger charge is 2.45. The Labute approximate surface area is 174 Å². The maximum atomic E-state index is 13.1. The van der Waals surface area contributed by atoms with Crippen molar-refractivity contribution in [2.75, 3.05) is 38.4 Å². The number of benzene rings is 1. The summed E-state index contributed by atoms with van der Waals surface area (Å²) >= 11 is 5.75. The van der Waals surface area contributed by atoms with Crippen LogP contribution in [0.2, 0.25) is 0 Å². The lowest BCUT2D eigenvalue weighted by molar-refractivity contribution is 0.0219. The van der Waals surface area contributed by atoms with Crippen LogP contribution in [-0.4, -0.2) is 62.0 Å². The van der Waals surface area contributed by atoms with Gasteiger partial charge in [0, 0.05) is 37.6 Å². The van der Waals surface area contributed by atoms with E-state index in [1.807, 2.05) is 10.4 Å². The van der Waals surface area contributed by atoms with E-state index in [1.54, 1.807) is 7.11 Å². The monoisotopic (exact) mass is 426 g/mol. The van der Waals surface area contributed by atoms with E-state index in [2.05, 4.69) is 17.0 Å². The summed E-state index contributed by atoms with van der Waals surface area (Å²) in [6.45, 7) is 2.73. The zero-order chi connectivity index (χ0) is 19.7. The number of fused-ring (bicyclic) bond motifs is 4. The lowest BCUT2D eigenvalue weighted by Gasteiger charge is -2.51. The van der Waals surface area contributed by atoms with Gasteiger partial charge in [0.1, 0.15) is 5.75 Å². The average Bonchev–Trinajstić information content (AvgIpc) is 2.71. The molecule has 2 fully saturated rings. The topological polar surface area (TPSA) is 49.9 Å². The number of methoxy groups -OCH3 is 1. The Morgan fingerprint density at radius 3 is 2.89 bits per heavy atom. The lowest BCUT2D eigenvalue weighted by Crippen LogP contribution is -2.57. The van der Waals surface area contributed by atoms with Crippen LogP contribution in [0.4, 0.5) is 0 Å². The molecular weight excluding hydrogens is 396 g/mol. The summed E-state index contributed by atoms with van der Waals surface area (Å²) in [5, 5.41) is 0. The van der Waals surface area contributed by atoms with Crippen molar-refractivity contribution in [3.63, 3.8) is 0 Å². The SMILES string of the molecule is COc1ccc2c(c1)CCN1C[C@@H]3CCCN(S(=O)(=O)CCCCCl)[C@@H]3C[C@@H]21. The quantitative estimate of drug-likeness (QED) is 0.516. The summed E-state index contributed by atoms with van der Waals surface area (Å²) in [5.41, 5.74) is 2.71. The molecule has 28 heavy (non-hydrogen) atoms. The minimum atomic E-state index is -3.22. The molecule has 3 aliphatic heterocycles. The smallest absolute Gasteiger partial charge is 0.214 e. The lowest BCUT2D eigenvalue weighted by atomic mass is 9.77. The van der Waals surface area contributed by atoms with Gasteiger partial charge in [0.25, 0.3) is 0 Å². The van der Waals surface area contributed by atoms with E-state index < -0.39 is 10.0 Å². The number of sulfonamides is 1.